The fourth-order valence-electron chi connectivity index (χ4n) is 4.12. The first-order valence-electron chi connectivity index (χ1n) is 8.61. The Morgan fingerprint density at radius 1 is 1.33 bits per heavy atom. The fraction of sp³-hybridized carbons (Fsp3) is 0.526. The molecule has 24 heavy (non-hydrogen) atoms. The summed E-state index contributed by atoms with van der Waals surface area (Å²) in [6.07, 6.45) is 1.65. The largest absolute Gasteiger partial charge is 0.451 e. The molecule has 1 saturated heterocycles. The molecule has 1 N–H and O–H groups in total. The zero-order chi connectivity index (χ0) is 16.8. The molecule has 5 nitrogen and oxygen atoms in total. The van der Waals surface area contributed by atoms with E-state index in [1.54, 1.807) is 0 Å². The van der Waals surface area contributed by atoms with Crippen LogP contribution in [-0.4, -0.2) is 47.8 Å². The second-order valence-corrected chi connectivity index (χ2v) is 7.05. The van der Waals surface area contributed by atoms with E-state index >= 15 is 0 Å². The molecular weight excluding hydrogens is 306 g/mol. The maximum absolute atomic E-state index is 13.1. The van der Waals surface area contributed by atoms with Gasteiger partial charge >= 0.3 is 0 Å². The minimum Gasteiger partial charge on any atom is -0.451 e. The van der Waals surface area contributed by atoms with Crippen molar-refractivity contribution < 1.29 is 19.1 Å². The van der Waals surface area contributed by atoms with Crippen LogP contribution in [0.2, 0.25) is 0 Å². The quantitative estimate of drug-likeness (QED) is 0.920. The number of rotatable bonds is 2. The SMILES string of the molecule is Cc1ccc2c(C)c(C(=O)N3CCO[C@H]4C[C@H](CO)C[C@@H]43)oc2c1. The lowest BCUT2D eigenvalue weighted by Gasteiger charge is -2.37. The van der Waals surface area contributed by atoms with Crippen LogP contribution < -0.4 is 0 Å². The molecule has 0 radical (unpaired) electrons. The number of furan rings is 1. The number of carbonyl (C=O) groups excluding carboxylic acids is 1. The summed E-state index contributed by atoms with van der Waals surface area (Å²) in [7, 11) is 0. The van der Waals surface area contributed by atoms with Gasteiger partial charge in [-0.05, 0) is 44.2 Å². The highest BCUT2D eigenvalue weighted by Crippen LogP contribution is 2.36. The van der Waals surface area contributed by atoms with Crippen LogP contribution >= 0.6 is 0 Å². The molecule has 5 heteroatoms. The number of hydrogen-bond donors (Lipinski definition) is 1. The topological polar surface area (TPSA) is 62.9 Å². The predicted molar refractivity (Wildman–Crippen MR) is 90.1 cm³/mol. The molecule has 2 aliphatic rings. The van der Waals surface area contributed by atoms with Gasteiger partial charge in [0.2, 0.25) is 0 Å². The molecule has 2 heterocycles. The van der Waals surface area contributed by atoms with Gasteiger partial charge in [-0.1, -0.05) is 12.1 Å². The summed E-state index contributed by atoms with van der Waals surface area (Å²) in [4.78, 5) is 15.0. The lowest BCUT2D eigenvalue weighted by atomic mass is 10.1. The van der Waals surface area contributed by atoms with Gasteiger partial charge in [0.1, 0.15) is 5.58 Å². The lowest BCUT2D eigenvalue weighted by Crippen LogP contribution is -2.51. The lowest BCUT2D eigenvalue weighted by molar-refractivity contribution is -0.0457. The average Bonchev–Trinajstić information content (AvgIpc) is 3.14. The van der Waals surface area contributed by atoms with Crippen molar-refractivity contribution in [1.29, 1.82) is 0 Å². The van der Waals surface area contributed by atoms with E-state index < -0.39 is 0 Å². The third-order valence-electron chi connectivity index (χ3n) is 5.44. The van der Waals surface area contributed by atoms with Crippen LogP contribution in [0.3, 0.4) is 0 Å². The summed E-state index contributed by atoms with van der Waals surface area (Å²) >= 11 is 0. The van der Waals surface area contributed by atoms with Gasteiger partial charge < -0.3 is 19.2 Å². The number of nitrogens with zero attached hydrogens (tertiary/aromatic N) is 1. The minimum atomic E-state index is -0.0572. The number of hydrogen-bond acceptors (Lipinski definition) is 4. The molecule has 0 spiro atoms. The molecule has 2 fully saturated rings. The van der Waals surface area contributed by atoms with Crippen LogP contribution in [0.25, 0.3) is 11.0 Å². The summed E-state index contributed by atoms with van der Waals surface area (Å²) in [5, 5.41) is 10.4. The number of aliphatic hydroxyl groups is 1. The standard InChI is InChI=1S/C19H23NO4/c1-11-3-4-14-12(2)18(24-16(14)7-11)19(22)20-5-6-23-17-9-13(10-21)8-15(17)20/h3-4,7,13,15,17,21H,5-6,8-10H2,1-2H3/t13-,15+,17+/m1/s1. The molecule has 1 saturated carbocycles. The smallest absolute Gasteiger partial charge is 0.290 e. The number of fused-ring (bicyclic) bond motifs is 2. The number of aryl methyl sites for hydroxylation is 2. The summed E-state index contributed by atoms with van der Waals surface area (Å²) in [6.45, 7) is 5.23. The Bertz CT molecular complexity index is 781. The highest BCUT2D eigenvalue weighted by molar-refractivity contribution is 5.99. The average molecular weight is 329 g/mol. The molecular formula is C19H23NO4. The van der Waals surface area contributed by atoms with Gasteiger partial charge in [-0.25, -0.2) is 0 Å². The molecule has 1 amide bonds. The number of morpholine rings is 1. The van der Waals surface area contributed by atoms with Crippen molar-refractivity contribution >= 4 is 16.9 Å². The third kappa shape index (κ3) is 2.43. The first-order chi connectivity index (χ1) is 11.6. The van der Waals surface area contributed by atoms with Crippen molar-refractivity contribution in [2.45, 2.75) is 38.8 Å². The van der Waals surface area contributed by atoms with Crippen molar-refractivity contribution in [1.82, 2.24) is 4.90 Å². The molecule has 1 aliphatic heterocycles. The minimum absolute atomic E-state index is 0.0341. The van der Waals surface area contributed by atoms with Crippen LogP contribution in [0.15, 0.2) is 22.6 Å². The molecule has 0 bridgehead atoms. The molecule has 1 aromatic carbocycles. The first kappa shape index (κ1) is 15.7. The highest BCUT2D eigenvalue weighted by Gasteiger charge is 2.43. The Hall–Kier alpha value is -1.85. The van der Waals surface area contributed by atoms with Gasteiger partial charge in [-0.15, -0.1) is 0 Å². The Morgan fingerprint density at radius 3 is 2.96 bits per heavy atom. The van der Waals surface area contributed by atoms with Crippen molar-refractivity contribution in [3.63, 3.8) is 0 Å². The van der Waals surface area contributed by atoms with E-state index in [-0.39, 0.29) is 30.6 Å². The second-order valence-electron chi connectivity index (χ2n) is 7.05. The normalized spacial score (nSPS) is 26.8. The van der Waals surface area contributed by atoms with Gasteiger partial charge in [0, 0.05) is 24.1 Å². The van der Waals surface area contributed by atoms with Crippen LogP contribution in [0.1, 0.15) is 34.5 Å². The van der Waals surface area contributed by atoms with Crippen molar-refractivity contribution in [2.75, 3.05) is 19.8 Å². The fourth-order valence-corrected chi connectivity index (χ4v) is 4.12. The van der Waals surface area contributed by atoms with Gasteiger partial charge in [-0.2, -0.15) is 0 Å². The van der Waals surface area contributed by atoms with Crippen LogP contribution in [0.5, 0.6) is 0 Å². The number of carbonyl (C=O) groups is 1. The van der Waals surface area contributed by atoms with Gasteiger partial charge in [0.15, 0.2) is 5.76 Å². The monoisotopic (exact) mass is 329 g/mol. The highest BCUT2D eigenvalue weighted by atomic mass is 16.5. The Kier molecular flexibility index (Phi) is 3.85. The molecule has 0 unspecified atom stereocenters. The molecule has 1 aliphatic carbocycles. The van der Waals surface area contributed by atoms with Crippen LogP contribution in [-0.2, 0) is 4.74 Å². The first-order valence-corrected chi connectivity index (χ1v) is 8.61. The van der Waals surface area contributed by atoms with Gasteiger partial charge in [0.25, 0.3) is 5.91 Å². The number of amides is 1. The molecule has 2 aromatic rings. The van der Waals surface area contributed by atoms with Crippen molar-refractivity contribution in [2.24, 2.45) is 5.92 Å². The number of ether oxygens (including phenoxy) is 1. The maximum Gasteiger partial charge on any atom is 0.290 e. The zero-order valence-corrected chi connectivity index (χ0v) is 14.1. The molecule has 4 rings (SSSR count). The molecule has 1 aromatic heterocycles. The maximum atomic E-state index is 13.1. The molecule has 128 valence electrons. The van der Waals surface area contributed by atoms with E-state index in [2.05, 4.69) is 0 Å². The number of aliphatic hydroxyl groups excluding tert-OH is 1. The third-order valence-corrected chi connectivity index (χ3v) is 5.44. The summed E-state index contributed by atoms with van der Waals surface area (Å²) in [6, 6.07) is 6.06. The van der Waals surface area contributed by atoms with E-state index in [0.29, 0.717) is 18.9 Å². The van der Waals surface area contributed by atoms with E-state index in [1.807, 2.05) is 36.9 Å². The zero-order valence-electron chi connectivity index (χ0n) is 14.1. The van der Waals surface area contributed by atoms with Gasteiger partial charge in [0.05, 0.1) is 18.8 Å². The van der Waals surface area contributed by atoms with Crippen molar-refractivity contribution in [3.05, 3.63) is 35.1 Å². The predicted octanol–water partition coefficient (Wildman–Crippen LogP) is 2.66. The van der Waals surface area contributed by atoms with Crippen molar-refractivity contribution in [3.8, 4) is 0 Å². The molecule has 3 atom stereocenters. The Morgan fingerprint density at radius 2 is 2.17 bits per heavy atom. The number of benzene rings is 1. The second kappa shape index (κ2) is 5.90. The van der Waals surface area contributed by atoms with E-state index in [1.165, 1.54) is 0 Å². The van der Waals surface area contributed by atoms with Gasteiger partial charge in [-0.3, -0.25) is 4.79 Å². The van der Waals surface area contributed by atoms with E-state index in [9.17, 15) is 9.90 Å². The van der Waals surface area contributed by atoms with Crippen LogP contribution in [0, 0.1) is 19.8 Å². The van der Waals surface area contributed by atoms with E-state index in [4.69, 9.17) is 9.15 Å². The Balaban J connectivity index is 1.67. The summed E-state index contributed by atoms with van der Waals surface area (Å²) < 4.78 is 11.7. The summed E-state index contributed by atoms with van der Waals surface area (Å²) in [5.41, 5.74) is 2.78. The van der Waals surface area contributed by atoms with E-state index in [0.717, 1.165) is 34.9 Å². The van der Waals surface area contributed by atoms with Crippen LogP contribution in [0.4, 0.5) is 0 Å². The Labute approximate surface area is 141 Å². The summed E-state index contributed by atoms with van der Waals surface area (Å²) in [5.74, 6) is 0.592.